The second kappa shape index (κ2) is 4.89. The van der Waals surface area contributed by atoms with Crippen molar-refractivity contribution < 1.29 is 8.42 Å². The number of hydrogen-bond acceptors (Lipinski definition) is 4. The molecule has 7 heteroatoms. The van der Waals surface area contributed by atoms with Crippen LogP contribution in [0.1, 0.15) is 33.1 Å². The average molecular weight is 272 g/mol. The molecule has 0 aromatic carbocycles. The Morgan fingerprint density at radius 3 is 2.83 bits per heavy atom. The molecule has 0 amide bonds. The van der Waals surface area contributed by atoms with Gasteiger partial charge < -0.3 is 5.73 Å². The van der Waals surface area contributed by atoms with Gasteiger partial charge in [-0.2, -0.15) is 5.10 Å². The van der Waals surface area contributed by atoms with Crippen molar-refractivity contribution >= 4 is 15.8 Å². The van der Waals surface area contributed by atoms with Crippen LogP contribution in [0.25, 0.3) is 0 Å². The van der Waals surface area contributed by atoms with Gasteiger partial charge in [-0.25, -0.2) is 13.1 Å². The summed E-state index contributed by atoms with van der Waals surface area (Å²) in [6.07, 6.45) is 4.56. The monoisotopic (exact) mass is 272 g/mol. The lowest BCUT2D eigenvalue weighted by atomic mass is 10.2. The third kappa shape index (κ3) is 2.67. The molecule has 0 saturated heterocycles. The second-order valence-electron chi connectivity index (χ2n) is 4.75. The number of aromatic nitrogens is 2. The highest BCUT2D eigenvalue weighted by molar-refractivity contribution is 7.89. The summed E-state index contributed by atoms with van der Waals surface area (Å²) in [5.74, 6) is 0.546. The molecule has 2 atom stereocenters. The van der Waals surface area contributed by atoms with Gasteiger partial charge in [-0.15, -0.1) is 0 Å². The Kier molecular flexibility index (Phi) is 3.63. The Balaban J connectivity index is 2.09. The van der Waals surface area contributed by atoms with Gasteiger partial charge >= 0.3 is 0 Å². The van der Waals surface area contributed by atoms with Gasteiger partial charge in [0.25, 0.3) is 0 Å². The zero-order chi connectivity index (χ0) is 13.3. The Hall–Kier alpha value is -1.08. The summed E-state index contributed by atoms with van der Waals surface area (Å²) in [6.45, 7) is 4.59. The number of nitrogens with zero attached hydrogens (tertiary/aromatic N) is 2. The summed E-state index contributed by atoms with van der Waals surface area (Å²) in [6, 6.07) is 0.0688. The van der Waals surface area contributed by atoms with Crippen molar-refractivity contribution in [2.75, 3.05) is 5.73 Å². The molecule has 102 valence electrons. The molecule has 1 heterocycles. The van der Waals surface area contributed by atoms with E-state index in [1.165, 1.54) is 10.9 Å². The van der Waals surface area contributed by atoms with Crippen LogP contribution in [0.5, 0.6) is 0 Å². The van der Waals surface area contributed by atoms with E-state index in [9.17, 15) is 8.42 Å². The third-order valence-electron chi connectivity index (χ3n) is 3.26. The minimum absolute atomic E-state index is 0.0667. The Morgan fingerprint density at radius 1 is 1.56 bits per heavy atom. The molecule has 0 spiro atoms. The number of rotatable bonds is 6. The molecule has 2 rings (SSSR count). The number of nitrogens with two attached hydrogens (primary N) is 1. The maximum Gasteiger partial charge on any atom is 0.246 e. The van der Waals surface area contributed by atoms with E-state index in [4.69, 9.17) is 5.73 Å². The van der Waals surface area contributed by atoms with E-state index < -0.39 is 10.0 Å². The maximum absolute atomic E-state index is 12.1. The zero-order valence-electron chi connectivity index (χ0n) is 10.8. The molecule has 6 nitrogen and oxygen atoms in total. The van der Waals surface area contributed by atoms with E-state index >= 15 is 0 Å². The van der Waals surface area contributed by atoms with Gasteiger partial charge in [-0.1, -0.05) is 13.3 Å². The molecule has 1 aliphatic rings. The van der Waals surface area contributed by atoms with Crippen molar-refractivity contribution in [1.29, 1.82) is 0 Å². The van der Waals surface area contributed by atoms with Crippen molar-refractivity contribution in [3.63, 3.8) is 0 Å². The Morgan fingerprint density at radius 2 is 2.28 bits per heavy atom. The van der Waals surface area contributed by atoms with Crippen LogP contribution in [0.4, 0.5) is 5.82 Å². The van der Waals surface area contributed by atoms with E-state index in [1.807, 2.05) is 6.92 Å². The normalized spacial score (nSPS) is 23.2. The summed E-state index contributed by atoms with van der Waals surface area (Å²) in [5, 5.41) is 3.95. The number of sulfonamides is 1. The van der Waals surface area contributed by atoms with Gasteiger partial charge in [0.15, 0.2) is 5.82 Å². The minimum Gasteiger partial charge on any atom is -0.381 e. The first-order valence-electron chi connectivity index (χ1n) is 6.33. The third-order valence-corrected chi connectivity index (χ3v) is 4.76. The Bertz CT molecular complexity index is 523. The fourth-order valence-electron chi connectivity index (χ4n) is 2.13. The predicted molar refractivity (Wildman–Crippen MR) is 69.4 cm³/mol. The largest absolute Gasteiger partial charge is 0.381 e. The highest BCUT2D eigenvalue weighted by atomic mass is 32.2. The molecule has 1 aromatic rings. The highest BCUT2D eigenvalue weighted by Crippen LogP contribution is 2.36. The van der Waals surface area contributed by atoms with E-state index in [2.05, 4.69) is 16.7 Å². The lowest BCUT2D eigenvalue weighted by Crippen LogP contribution is -2.27. The molecule has 3 N–H and O–H groups in total. The van der Waals surface area contributed by atoms with Crippen molar-refractivity contribution in [2.24, 2.45) is 5.92 Å². The molecule has 1 fully saturated rings. The van der Waals surface area contributed by atoms with Crippen LogP contribution in [0.3, 0.4) is 0 Å². The maximum atomic E-state index is 12.1. The summed E-state index contributed by atoms with van der Waals surface area (Å²) >= 11 is 0. The van der Waals surface area contributed by atoms with Crippen molar-refractivity contribution in [3.05, 3.63) is 6.20 Å². The molecular weight excluding hydrogens is 252 g/mol. The smallest absolute Gasteiger partial charge is 0.246 e. The number of hydrogen-bond donors (Lipinski definition) is 2. The SMILES string of the molecule is CCCC1CC1NS(=O)(=O)c1cn(CC)nc1N. The number of nitrogens with one attached hydrogen (secondary N) is 1. The van der Waals surface area contributed by atoms with Gasteiger partial charge in [0, 0.05) is 18.8 Å². The predicted octanol–water partition coefficient (Wildman–Crippen LogP) is 0.952. The number of aryl methyl sites for hydroxylation is 1. The first-order valence-corrected chi connectivity index (χ1v) is 7.81. The van der Waals surface area contributed by atoms with Gasteiger partial charge in [-0.05, 0) is 25.7 Å². The van der Waals surface area contributed by atoms with Crippen LogP contribution in [0.2, 0.25) is 0 Å². The number of anilines is 1. The fourth-order valence-corrected chi connectivity index (χ4v) is 3.52. The van der Waals surface area contributed by atoms with Gasteiger partial charge in [0.1, 0.15) is 4.90 Å². The highest BCUT2D eigenvalue weighted by Gasteiger charge is 2.40. The van der Waals surface area contributed by atoms with Crippen LogP contribution in [-0.4, -0.2) is 24.2 Å². The molecule has 2 unspecified atom stereocenters. The van der Waals surface area contributed by atoms with Gasteiger partial charge in [0.2, 0.25) is 10.0 Å². The first-order chi connectivity index (χ1) is 8.47. The summed E-state index contributed by atoms with van der Waals surface area (Å²) in [5.41, 5.74) is 5.64. The molecule has 0 aliphatic heterocycles. The summed E-state index contributed by atoms with van der Waals surface area (Å²) in [7, 11) is -3.53. The molecule has 18 heavy (non-hydrogen) atoms. The van der Waals surface area contributed by atoms with Crippen molar-refractivity contribution in [2.45, 2.75) is 50.6 Å². The molecule has 1 saturated carbocycles. The zero-order valence-corrected chi connectivity index (χ0v) is 11.6. The van der Waals surface area contributed by atoms with Crippen LogP contribution < -0.4 is 10.5 Å². The second-order valence-corrected chi connectivity index (χ2v) is 6.43. The fraction of sp³-hybridized carbons (Fsp3) is 0.727. The molecule has 1 aliphatic carbocycles. The first kappa shape index (κ1) is 13.4. The van der Waals surface area contributed by atoms with E-state index in [-0.39, 0.29) is 16.8 Å². The van der Waals surface area contributed by atoms with E-state index in [0.717, 1.165) is 19.3 Å². The van der Waals surface area contributed by atoms with Crippen molar-refractivity contribution in [1.82, 2.24) is 14.5 Å². The average Bonchev–Trinajstić information content (AvgIpc) is 2.88. The lowest BCUT2D eigenvalue weighted by molar-refractivity contribution is 0.573. The summed E-state index contributed by atoms with van der Waals surface area (Å²) in [4.78, 5) is 0.0894. The summed E-state index contributed by atoms with van der Waals surface area (Å²) < 4.78 is 28.5. The van der Waals surface area contributed by atoms with Gasteiger partial charge in [0.05, 0.1) is 0 Å². The topological polar surface area (TPSA) is 90.0 Å². The minimum atomic E-state index is -3.53. The molecule has 0 bridgehead atoms. The lowest BCUT2D eigenvalue weighted by Gasteiger charge is -2.04. The van der Waals surface area contributed by atoms with Crippen molar-refractivity contribution in [3.8, 4) is 0 Å². The van der Waals surface area contributed by atoms with E-state index in [0.29, 0.717) is 12.5 Å². The van der Waals surface area contributed by atoms with Crippen LogP contribution in [0.15, 0.2) is 11.1 Å². The standard InChI is InChI=1S/C11H20N4O2S/c1-3-5-8-6-9(8)14-18(16,17)10-7-15(4-2)13-11(10)12/h7-9,14H,3-6H2,1-2H3,(H2,12,13). The molecule has 1 aromatic heterocycles. The quantitative estimate of drug-likeness (QED) is 0.807. The Labute approximate surface area is 108 Å². The van der Waals surface area contributed by atoms with Crippen LogP contribution in [0, 0.1) is 5.92 Å². The van der Waals surface area contributed by atoms with E-state index in [1.54, 1.807) is 0 Å². The van der Waals surface area contributed by atoms with Crippen LogP contribution in [-0.2, 0) is 16.6 Å². The van der Waals surface area contributed by atoms with Crippen LogP contribution >= 0.6 is 0 Å². The number of nitrogen functional groups attached to an aromatic ring is 1. The molecular formula is C11H20N4O2S. The van der Waals surface area contributed by atoms with Gasteiger partial charge in [-0.3, -0.25) is 4.68 Å². The molecule has 0 radical (unpaired) electrons.